The summed E-state index contributed by atoms with van der Waals surface area (Å²) in [6.45, 7) is 9.06. The van der Waals surface area contributed by atoms with Crippen molar-refractivity contribution in [2.24, 2.45) is 5.92 Å². The van der Waals surface area contributed by atoms with Crippen molar-refractivity contribution in [1.29, 1.82) is 0 Å². The molecule has 2 rings (SSSR count). The summed E-state index contributed by atoms with van der Waals surface area (Å²) in [5, 5.41) is 0. The highest BCUT2D eigenvalue weighted by Crippen LogP contribution is 2.11. The van der Waals surface area contributed by atoms with Crippen molar-refractivity contribution in [1.82, 2.24) is 9.13 Å². The van der Waals surface area contributed by atoms with E-state index in [9.17, 15) is 23.6 Å². The van der Waals surface area contributed by atoms with Gasteiger partial charge >= 0.3 is 5.69 Å². The summed E-state index contributed by atoms with van der Waals surface area (Å²) in [6, 6.07) is 5.63. The molecule has 0 radical (unpaired) electrons. The Hall–Kier alpha value is -2.87. The van der Waals surface area contributed by atoms with Crippen molar-refractivity contribution < 1.29 is 18.7 Å². The number of hydrogen-bond donors (Lipinski definition) is 0. The lowest BCUT2D eigenvalue weighted by Gasteiger charge is -2.10. The van der Waals surface area contributed by atoms with E-state index < -0.39 is 23.0 Å². The Kier molecular flexibility index (Phi) is 8.66. The SMILES string of the molecule is CC.CCOCn1cc(F)c(=O)n(C(=O)c2cccc(C(=O)C(C)C)c2)c1=O. The normalized spacial score (nSPS) is 10.4. The Morgan fingerprint density at radius 2 is 1.75 bits per heavy atom. The maximum Gasteiger partial charge on any atom is 0.340 e. The van der Waals surface area contributed by atoms with Gasteiger partial charge in [0.25, 0.3) is 11.5 Å². The third-order valence-electron chi connectivity index (χ3n) is 3.67. The van der Waals surface area contributed by atoms with E-state index in [1.54, 1.807) is 20.8 Å². The van der Waals surface area contributed by atoms with Gasteiger partial charge in [-0.25, -0.2) is 4.79 Å². The lowest BCUT2D eigenvalue weighted by molar-refractivity contribution is 0.0797. The zero-order chi connectivity index (χ0) is 21.4. The second-order valence-corrected chi connectivity index (χ2v) is 5.90. The molecule has 0 fully saturated rings. The summed E-state index contributed by atoms with van der Waals surface area (Å²) in [5.41, 5.74) is -2.17. The molecule has 1 heterocycles. The first-order valence-electron chi connectivity index (χ1n) is 9.06. The van der Waals surface area contributed by atoms with E-state index >= 15 is 0 Å². The van der Waals surface area contributed by atoms with Crippen LogP contribution in [0.25, 0.3) is 0 Å². The Bertz CT molecular complexity index is 960. The van der Waals surface area contributed by atoms with Crippen LogP contribution in [0.5, 0.6) is 0 Å². The number of hydrogen-bond acceptors (Lipinski definition) is 5. The number of carbonyl (C=O) groups excluding carboxylic acids is 2. The maximum absolute atomic E-state index is 13.9. The molecular formula is C20H25FN2O5. The van der Waals surface area contributed by atoms with Gasteiger partial charge in [-0.3, -0.25) is 19.0 Å². The largest absolute Gasteiger partial charge is 0.361 e. The molecule has 7 nitrogen and oxygen atoms in total. The molecule has 0 unspecified atom stereocenters. The fourth-order valence-corrected chi connectivity index (χ4v) is 2.30. The summed E-state index contributed by atoms with van der Waals surface area (Å²) in [6.07, 6.45) is 0.697. The number of ketones is 1. The lowest BCUT2D eigenvalue weighted by Crippen LogP contribution is -2.45. The van der Waals surface area contributed by atoms with Crippen LogP contribution in [0.4, 0.5) is 4.39 Å². The molecule has 0 aliphatic heterocycles. The second-order valence-electron chi connectivity index (χ2n) is 5.90. The van der Waals surface area contributed by atoms with Crippen molar-refractivity contribution >= 4 is 11.7 Å². The smallest absolute Gasteiger partial charge is 0.340 e. The van der Waals surface area contributed by atoms with E-state index in [1.165, 1.54) is 24.3 Å². The number of nitrogens with zero attached hydrogens (tertiary/aromatic N) is 2. The lowest BCUT2D eigenvalue weighted by atomic mass is 9.99. The van der Waals surface area contributed by atoms with Gasteiger partial charge in [0.1, 0.15) is 6.73 Å². The van der Waals surface area contributed by atoms with Crippen LogP contribution in [-0.4, -0.2) is 27.4 Å². The van der Waals surface area contributed by atoms with Crippen LogP contribution in [0, 0.1) is 11.7 Å². The minimum Gasteiger partial charge on any atom is -0.361 e. The Balaban J connectivity index is 0.00000190. The monoisotopic (exact) mass is 392 g/mol. The Morgan fingerprint density at radius 3 is 2.32 bits per heavy atom. The molecule has 152 valence electrons. The number of ether oxygens (including phenoxy) is 1. The number of benzene rings is 1. The molecule has 28 heavy (non-hydrogen) atoms. The fraction of sp³-hybridized carbons (Fsp3) is 0.400. The van der Waals surface area contributed by atoms with Crippen LogP contribution in [0.2, 0.25) is 0 Å². The predicted molar refractivity (Wildman–Crippen MR) is 103 cm³/mol. The summed E-state index contributed by atoms with van der Waals surface area (Å²) in [7, 11) is 0. The molecule has 2 aromatic rings. The number of Topliss-reactive ketones (excluding diaryl/α,β-unsaturated/α-hetero) is 1. The van der Waals surface area contributed by atoms with Gasteiger partial charge in [0.2, 0.25) is 5.82 Å². The molecule has 1 aromatic heterocycles. The average Bonchev–Trinajstić information content (AvgIpc) is 2.70. The highest BCUT2D eigenvalue weighted by Gasteiger charge is 2.20. The molecule has 0 saturated heterocycles. The number of halogens is 1. The van der Waals surface area contributed by atoms with Gasteiger partial charge in [-0.05, 0) is 19.1 Å². The predicted octanol–water partition coefficient (Wildman–Crippen LogP) is 2.70. The van der Waals surface area contributed by atoms with E-state index in [0.717, 1.165) is 4.57 Å². The highest BCUT2D eigenvalue weighted by molar-refractivity contribution is 6.01. The van der Waals surface area contributed by atoms with Crippen molar-refractivity contribution in [2.75, 3.05) is 6.61 Å². The van der Waals surface area contributed by atoms with Crippen LogP contribution in [0.3, 0.4) is 0 Å². The van der Waals surface area contributed by atoms with Gasteiger partial charge in [-0.15, -0.1) is 0 Å². The van der Waals surface area contributed by atoms with Crippen LogP contribution in [0.1, 0.15) is 55.3 Å². The maximum atomic E-state index is 13.9. The summed E-state index contributed by atoms with van der Waals surface area (Å²) in [5.74, 6) is -2.75. The molecule has 1 aromatic carbocycles. The topological polar surface area (TPSA) is 87.4 Å². The standard InChI is InChI=1S/C18H19FN2O5.C2H6/c1-4-26-10-20-9-14(19)17(24)21(18(20)25)16(23)13-7-5-6-12(8-13)15(22)11(2)3;1-2/h5-9,11H,4,10H2,1-3H3;1-2H3. The zero-order valence-electron chi connectivity index (χ0n) is 16.7. The third kappa shape index (κ3) is 5.10. The molecule has 0 bridgehead atoms. The van der Waals surface area contributed by atoms with Gasteiger partial charge in [0, 0.05) is 23.7 Å². The van der Waals surface area contributed by atoms with E-state index in [4.69, 9.17) is 4.74 Å². The minimum absolute atomic E-state index is 0.0655. The van der Waals surface area contributed by atoms with E-state index in [0.29, 0.717) is 6.20 Å². The summed E-state index contributed by atoms with van der Waals surface area (Å²) < 4.78 is 19.9. The number of aromatic nitrogens is 2. The van der Waals surface area contributed by atoms with Crippen molar-refractivity contribution in [3.05, 3.63) is 68.2 Å². The van der Waals surface area contributed by atoms with Crippen LogP contribution in [-0.2, 0) is 11.5 Å². The van der Waals surface area contributed by atoms with Gasteiger partial charge in [-0.1, -0.05) is 39.8 Å². The van der Waals surface area contributed by atoms with E-state index in [2.05, 4.69) is 0 Å². The van der Waals surface area contributed by atoms with Gasteiger partial charge in [0.15, 0.2) is 5.78 Å². The molecule has 0 atom stereocenters. The van der Waals surface area contributed by atoms with Crippen molar-refractivity contribution in [3.63, 3.8) is 0 Å². The van der Waals surface area contributed by atoms with Gasteiger partial charge in [0.05, 0.1) is 6.20 Å². The summed E-state index contributed by atoms with van der Waals surface area (Å²) >= 11 is 0. The van der Waals surface area contributed by atoms with Crippen LogP contribution in [0.15, 0.2) is 40.1 Å². The molecular weight excluding hydrogens is 367 g/mol. The van der Waals surface area contributed by atoms with Gasteiger partial charge < -0.3 is 4.74 Å². The average molecular weight is 392 g/mol. The first kappa shape index (κ1) is 23.2. The van der Waals surface area contributed by atoms with Crippen LogP contribution >= 0.6 is 0 Å². The van der Waals surface area contributed by atoms with Crippen molar-refractivity contribution in [2.45, 2.75) is 41.3 Å². The molecule has 0 amide bonds. The second kappa shape index (κ2) is 10.5. The first-order valence-corrected chi connectivity index (χ1v) is 9.06. The highest BCUT2D eigenvalue weighted by atomic mass is 19.1. The van der Waals surface area contributed by atoms with E-state index in [1.807, 2.05) is 13.8 Å². The summed E-state index contributed by atoms with van der Waals surface area (Å²) in [4.78, 5) is 49.1. The molecule has 0 spiro atoms. The van der Waals surface area contributed by atoms with E-state index in [-0.39, 0.29) is 40.7 Å². The number of rotatable bonds is 6. The Morgan fingerprint density at radius 1 is 1.14 bits per heavy atom. The third-order valence-corrected chi connectivity index (χ3v) is 3.67. The zero-order valence-corrected chi connectivity index (χ0v) is 16.7. The quantitative estimate of drug-likeness (QED) is 0.706. The minimum atomic E-state index is -1.35. The molecule has 0 aliphatic carbocycles. The Labute approximate surface area is 162 Å². The van der Waals surface area contributed by atoms with Gasteiger partial charge in [-0.2, -0.15) is 8.96 Å². The fourth-order valence-electron chi connectivity index (χ4n) is 2.30. The molecule has 8 heteroatoms. The molecule has 0 aliphatic rings. The van der Waals surface area contributed by atoms with Crippen molar-refractivity contribution in [3.8, 4) is 0 Å². The van der Waals surface area contributed by atoms with Crippen LogP contribution < -0.4 is 11.2 Å². The molecule has 0 N–H and O–H groups in total. The molecule has 0 saturated carbocycles. The number of carbonyl (C=O) groups is 2. The first-order chi connectivity index (χ1) is 13.3.